The second-order valence-corrected chi connectivity index (χ2v) is 4.14. The Kier molecular flexibility index (Phi) is 4.37. The molecular formula is C14H15N3O4. The van der Waals surface area contributed by atoms with Gasteiger partial charge in [0.15, 0.2) is 0 Å². The van der Waals surface area contributed by atoms with Crippen LogP contribution in [0.2, 0.25) is 0 Å². The van der Waals surface area contributed by atoms with Crippen molar-refractivity contribution in [2.45, 2.75) is 6.92 Å². The summed E-state index contributed by atoms with van der Waals surface area (Å²) < 4.78 is 4.96. The van der Waals surface area contributed by atoms with E-state index in [0.29, 0.717) is 28.8 Å². The molecule has 0 aliphatic carbocycles. The van der Waals surface area contributed by atoms with Crippen LogP contribution in [-0.2, 0) is 14.4 Å². The summed E-state index contributed by atoms with van der Waals surface area (Å²) in [6, 6.07) is 4.98. The van der Waals surface area contributed by atoms with Crippen LogP contribution in [0.25, 0.3) is 17.0 Å². The van der Waals surface area contributed by atoms with Crippen LogP contribution in [0.1, 0.15) is 23.0 Å². The lowest BCUT2D eigenvalue weighted by Crippen LogP contribution is -2.29. The van der Waals surface area contributed by atoms with Gasteiger partial charge in [0.25, 0.3) is 0 Å². The molecule has 0 N–H and O–H groups in total. The summed E-state index contributed by atoms with van der Waals surface area (Å²) in [7, 11) is 3.16. The number of hydroxylamine groups is 1. The fraction of sp³-hybridized carbons (Fsp3) is 0.286. The van der Waals surface area contributed by atoms with Crippen LogP contribution in [-0.4, -0.2) is 42.6 Å². The summed E-state index contributed by atoms with van der Waals surface area (Å²) in [5.41, 5.74) is 1.48. The van der Waals surface area contributed by atoms with E-state index in [9.17, 15) is 9.59 Å². The minimum Gasteiger partial charge on any atom is -0.462 e. The molecule has 21 heavy (non-hydrogen) atoms. The number of esters is 1. The predicted octanol–water partition coefficient (Wildman–Crippen LogP) is 1.19. The van der Waals surface area contributed by atoms with Gasteiger partial charge in [-0.2, -0.15) is 9.96 Å². The number of carbonyl (C=O) groups excluding carboxylic acids is 2. The molecule has 0 bridgehead atoms. The van der Waals surface area contributed by atoms with E-state index in [0.717, 1.165) is 0 Å². The van der Waals surface area contributed by atoms with Crippen molar-refractivity contribution in [3.8, 4) is 0 Å². The Bertz CT molecular complexity index is 716. The van der Waals surface area contributed by atoms with Crippen molar-refractivity contribution >= 4 is 28.9 Å². The minimum absolute atomic E-state index is 0.295. The smallest absolute Gasteiger partial charge is 0.338 e. The lowest BCUT2D eigenvalue weighted by molar-refractivity contribution is 0.0526. The first-order chi connectivity index (χ1) is 10.1. The maximum Gasteiger partial charge on any atom is 0.338 e. The second-order valence-electron chi connectivity index (χ2n) is 4.14. The monoisotopic (exact) mass is 289 g/mol. The van der Waals surface area contributed by atoms with E-state index in [1.807, 2.05) is 0 Å². The molecule has 1 aromatic carbocycles. The van der Waals surface area contributed by atoms with Crippen LogP contribution in [0.15, 0.2) is 18.2 Å². The topological polar surface area (TPSA) is 73.7 Å². The van der Waals surface area contributed by atoms with Crippen molar-refractivity contribution in [3.63, 3.8) is 0 Å². The molecule has 110 valence electrons. The molecule has 0 fully saturated rings. The molecule has 0 spiro atoms. The predicted molar refractivity (Wildman–Crippen MR) is 77.0 cm³/mol. The molecule has 0 amide bonds. The molecule has 0 saturated carbocycles. The maximum absolute atomic E-state index is 11.8. The summed E-state index contributed by atoms with van der Waals surface area (Å²) in [6.07, 6.45) is 1.21. The first-order valence-electron chi connectivity index (χ1n) is 6.31. The third-order valence-corrected chi connectivity index (χ3v) is 2.93. The Morgan fingerprint density at radius 2 is 2.29 bits per heavy atom. The zero-order valence-corrected chi connectivity index (χ0v) is 12.0. The van der Waals surface area contributed by atoms with Gasteiger partial charge in [0, 0.05) is 5.39 Å². The summed E-state index contributed by atoms with van der Waals surface area (Å²) in [5.74, 6) is 1.27. The number of carbonyl (C=O) groups is 1. The third kappa shape index (κ3) is 2.79. The lowest BCUT2D eigenvalue weighted by atomic mass is 10.1. The molecule has 0 aliphatic heterocycles. The van der Waals surface area contributed by atoms with E-state index in [2.05, 4.69) is 5.10 Å². The van der Waals surface area contributed by atoms with E-state index in [4.69, 9.17) is 9.57 Å². The van der Waals surface area contributed by atoms with Crippen LogP contribution in [0.4, 0.5) is 0 Å². The van der Waals surface area contributed by atoms with Gasteiger partial charge in [-0.15, -0.1) is 5.10 Å². The molecule has 2 rings (SSSR count). The van der Waals surface area contributed by atoms with E-state index in [-0.39, 0.29) is 0 Å². The number of nitrogens with zero attached hydrogens (tertiary/aromatic N) is 3. The Labute approximate surface area is 121 Å². The molecule has 0 atom stereocenters. The molecule has 7 nitrogen and oxygen atoms in total. The number of fused-ring (bicyclic) bond motifs is 1. The molecule has 0 saturated heterocycles. The number of rotatable bonds is 5. The molecule has 0 aliphatic rings. The van der Waals surface area contributed by atoms with E-state index < -0.39 is 5.97 Å². The van der Waals surface area contributed by atoms with Crippen LogP contribution < -0.4 is 5.17 Å². The molecule has 0 radical (unpaired) electrons. The molecule has 2 aromatic rings. The van der Waals surface area contributed by atoms with Crippen LogP contribution in [0, 0.1) is 0 Å². The molecule has 0 unspecified atom stereocenters. The van der Waals surface area contributed by atoms with Crippen LogP contribution in [0.3, 0.4) is 0 Å². The van der Waals surface area contributed by atoms with Gasteiger partial charge < -0.3 is 4.74 Å². The second kappa shape index (κ2) is 6.21. The average Bonchev–Trinajstić information content (AvgIpc) is 2.85. The first kappa shape index (κ1) is 14.8. The number of ether oxygens (including phenoxy) is 1. The van der Waals surface area contributed by atoms with Crippen molar-refractivity contribution in [1.29, 1.82) is 0 Å². The highest BCUT2D eigenvalue weighted by Gasteiger charge is 2.15. The SMILES string of the molecule is CCOC(=O)c1ccc2c(c1)c(C=C=O)nn2N(C)OC. The Hall–Kier alpha value is -2.63. The van der Waals surface area contributed by atoms with Gasteiger partial charge in [-0.25, -0.2) is 9.59 Å². The molecule has 1 aromatic heterocycles. The summed E-state index contributed by atoms with van der Waals surface area (Å²) in [4.78, 5) is 29.0. The van der Waals surface area contributed by atoms with Gasteiger partial charge in [-0.1, -0.05) is 0 Å². The largest absolute Gasteiger partial charge is 0.462 e. The van der Waals surface area contributed by atoms with Crippen molar-refractivity contribution in [2.75, 3.05) is 25.9 Å². The lowest BCUT2D eigenvalue weighted by Gasteiger charge is -2.16. The number of hydrogen-bond acceptors (Lipinski definition) is 6. The van der Waals surface area contributed by atoms with E-state index in [1.165, 1.54) is 23.1 Å². The highest BCUT2D eigenvalue weighted by Crippen LogP contribution is 2.21. The van der Waals surface area contributed by atoms with Crippen molar-refractivity contribution in [2.24, 2.45) is 0 Å². The molecule has 1 heterocycles. The summed E-state index contributed by atoms with van der Waals surface area (Å²) in [5, 5.41) is 6.27. The standard InChI is InChI=1S/C14H15N3O4/c1-4-21-14(19)10-5-6-13-11(9-10)12(7-8-18)15-17(13)16(2)20-3/h5-7,9H,4H2,1-3H3. The van der Waals surface area contributed by atoms with Crippen LogP contribution >= 0.6 is 0 Å². The van der Waals surface area contributed by atoms with Gasteiger partial charge >= 0.3 is 5.97 Å². The minimum atomic E-state index is -0.423. The summed E-state index contributed by atoms with van der Waals surface area (Å²) >= 11 is 0. The Balaban J connectivity index is 2.62. The van der Waals surface area contributed by atoms with Gasteiger partial charge in [-0.05, 0) is 25.1 Å². The zero-order valence-electron chi connectivity index (χ0n) is 12.0. The number of aromatic nitrogens is 2. The molecular weight excluding hydrogens is 274 g/mol. The van der Waals surface area contributed by atoms with E-state index >= 15 is 0 Å². The Morgan fingerprint density at radius 1 is 1.52 bits per heavy atom. The highest BCUT2D eigenvalue weighted by atomic mass is 16.7. The van der Waals surface area contributed by atoms with Crippen molar-refractivity contribution in [3.05, 3.63) is 29.5 Å². The highest BCUT2D eigenvalue weighted by molar-refractivity contribution is 5.98. The first-order valence-corrected chi connectivity index (χ1v) is 6.31. The van der Waals surface area contributed by atoms with Gasteiger partial charge in [0.1, 0.15) is 11.6 Å². The third-order valence-electron chi connectivity index (χ3n) is 2.93. The van der Waals surface area contributed by atoms with Gasteiger partial charge in [-0.3, -0.25) is 4.84 Å². The van der Waals surface area contributed by atoms with E-state index in [1.54, 1.807) is 38.1 Å². The number of benzene rings is 1. The zero-order chi connectivity index (χ0) is 15.4. The van der Waals surface area contributed by atoms with Crippen LogP contribution in [0.5, 0.6) is 0 Å². The maximum atomic E-state index is 11.8. The fourth-order valence-corrected chi connectivity index (χ4v) is 1.92. The normalized spacial score (nSPS) is 10.2. The van der Waals surface area contributed by atoms with Crippen molar-refractivity contribution < 1.29 is 19.2 Å². The van der Waals surface area contributed by atoms with Gasteiger partial charge in [0.05, 0.1) is 37.9 Å². The Morgan fingerprint density at radius 3 is 2.90 bits per heavy atom. The average molecular weight is 289 g/mol. The molecule has 7 heteroatoms. The van der Waals surface area contributed by atoms with Crippen molar-refractivity contribution in [1.82, 2.24) is 9.89 Å². The summed E-state index contributed by atoms with van der Waals surface area (Å²) in [6.45, 7) is 2.03. The fourth-order valence-electron chi connectivity index (χ4n) is 1.92. The quantitative estimate of drug-likeness (QED) is 0.467. The number of hydrogen-bond donors (Lipinski definition) is 0. The van der Waals surface area contributed by atoms with Gasteiger partial charge in [0.2, 0.25) is 0 Å².